The molecule has 0 aliphatic carbocycles. The van der Waals surface area contributed by atoms with Crippen LogP contribution in [0.25, 0.3) is 0 Å². The largest absolute Gasteiger partial charge is 0.495 e. The molecule has 0 aliphatic heterocycles. The van der Waals surface area contributed by atoms with Crippen molar-refractivity contribution in [1.82, 2.24) is 0 Å². The molecule has 0 heterocycles. The third-order valence-corrected chi connectivity index (χ3v) is 2.93. The van der Waals surface area contributed by atoms with Gasteiger partial charge in [-0.2, -0.15) is 0 Å². The zero-order chi connectivity index (χ0) is 13.0. The van der Waals surface area contributed by atoms with Gasteiger partial charge in [0.15, 0.2) is 0 Å². The van der Waals surface area contributed by atoms with E-state index in [-0.39, 0.29) is 0 Å². The third-order valence-electron chi connectivity index (χ3n) is 2.68. The van der Waals surface area contributed by atoms with E-state index in [4.69, 9.17) is 22.1 Å². The van der Waals surface area contributed by atoms with Gasteiger partial charge in [-0.1, -0.05) is 29.8 Å². The quantitative estimate of drug-likeness (QED) is 0.829. The molecule has 3 N–H and O–H groups in total. The molecule has 2 aromatic carbocycles. The van der Waals surface area contributed by atoms with Gasteiger partial charge < -0.3 is 15.8 Å². The van der Waals surface area contributed by atoms with Crippen LogP contribution in [0.5, 0.6) is 5.75 Å². The van der Waals surface area contributed by atoms with Crippen LogP contribution in [0.2, 0.25) is 5.02 Å². The summed E-state index contributed by atoms with van der Waals surface area (Å²) in [6, 6.07) is 13.4. The van der Waals surface area contributed by atoms with Gasteiger partial charge in [-0.15, -0.1) is 0 Å². The monoisotopic (exact) mass is 262 g/mol. The Kier molecular flexibility index (Phi) is 3.95. The molecule has 0 aliphatic rings. The Balaban J connectivity index is 2.08. The number of hydrogen-bond acceptors (Lipinski definition) is 3. The number of methoxy groups -OCH3 is 1. The van der Waals surface area contributed by atoms with Crippen molar-refractivity contribution in [3.63, 3.8) is 0 Å². The number of anilines is 2. The summed E-state index contributed by atoms with van der Waals surface area (Å²) in [6.45, 7) is 0.689. The van der Waals surface area contributed by atoms with Crippen LogP contribution in [-0.2, 0) is 6.54 Å². The maximum absolute atomic E-state index is 5.97. The number of nitrogens with one attached hydrogen (secondary N) is 1. The average molecular weight is 263 g/mol. The highest BCUT2D eigenvalue weighted by Gasteiger charge is 2.04. The van der Waals surface area contributed by atoms with Gasteiger partial charge in [0.2, 0.25) is 0 Å². The van der Waals surface area contributed by atoms with Crippen molar-refractivity contribution >= 4 is 23.0 Å². The van der Waals surface area contributed by atoms with Crippen LogP contribution in [0, 0.1) is 0 Å². The average Bonchev–Trinajstić information content (AvgIpc) is 2.39. The van der Waals surface area contributed by atoms with Crippen molar-refractivity contribution < 1.29 is 4.74 Å². The van der Waals surface area contributed by atoms with E-state index in [1.165, 1.54) is 0 Å². The van der Waals surface area contributed by atoms with Gasteiger partial charge in [0.1, 0.15) is 5.75 Å². The third kappa shape index (κ3) is 2.87. The lowest BCUT2D eigenvalue weighted by atomic mass is 10.2. The first kappa shape index (κ1) is 12.6. The van der Waals surface area contributed by atoms with Gasteiger partial charge in [0.05, 0.1) is 18.5 Å². The van der Waals surface area contributed by atoms with E-state index in [1.54, 1.807) is 7.11 Å². The molecule has 94 valence electrons. The Labute approximate surface area is 112 Å². The minimum Gasteiger partial charge on any atom is -0.495 e. The molecule has 2 rings (SSSR count). The molecule has 0 fully saturated rings. The first-order chi connectivity index (χ1) is 8.70. The fourth-order valence-electron chi connectivity index (χ4n) is 1.68. The molecule has 18 heavy (non-hydrogen) atoms. The van der Waals surface area contributed by atoms with E-state index >= 15 is 0 Å². The molecule has 0 aromatic heterocycles. The molecule has 0 saturated heterocycles. The zero-order valence-electron chi connectivity index (χ0n) is 10.1. The highest BCUT2D eigenvalue weighted by molar-refractivity contribution is 6.30. The number of halogens is 1. The molecule has 0 spiro atoms. The molecule has 2 aromatic rings. The lowest BCUT2D eigenvalue weighted by Crippen LogP contribution is -2.03. The van der Waals surface area contributed by atoms with Gasteiger partial charge in [-0.25, -0.2) is 0 Å². The first-order valence-electron chi connectivity index (χ1n) is 5.61. The second-order valence-corrected chi connectivity index (χ2v) is 4.34. The molecular formula is C14H15ClN2O. The van der Waals surface area contributed by atoms with Crippen LogP contribution in [0.3, 0.4) is 0 Å². The molecule has 3 nitrogen and oxygen atoms in total. The maximum Gasteiger partial charge on any atom is 0.143 e. The Hall–Kier alpha value is -1.87. The van der Waals surface area contributed by atoms with Crippen LogP contribution in [0.4, 0.5) is 11.4 Å². The predicted molar refractivity (Wildman–Crippen MR) is 76.2 cm³/mol. The molecule has 0 saturated carbocycles. The van der Waals surface area contributed by atoms with E-state index < -0.39 is 0 Å². The molecule has 0 amide bonds. The summed E-state index contributed by atoms with van der Waals surface area (Å²) in [7, 11) is 1.61. The van der Waals surface area contributed by atoms with Crippen molar-refractivity contribution in [1.29, 1.82) is 0 Å². The SMILES string of the molecule is COc1cccc(NCc2ccc(Cl)cc2)c1N. The smallest absolute Gasteiger partial charge is 0.143 e. The molecule has 0 bridgehead atoms. The number of ether oxygens (including phenoxy) is 1. The zero-order valence-corrected chi connectivity index (χ0v) is 10.9. The first-order valence-corrected chi connectivity index (χ1v) is 5.99. The lowest BCUT2D eigenvalue weighted by molar-refractivity contribution is 0.417. The van der Waals surface area contributed by atoms with E-state index in [0.29, 0.717) is 18.0 Å². The van der Waals surface area contributed by atoms with Crippen LogP contribution >= 0.6 is 11.6 Å². The summed E-state index contributed by atoms with van der Waals surface area (Å²) < 4.78 is 5.17. The van der Waals surface area contributed by atoms with Gasteiger partial charge in [0, 0.05) is 11.6 Å². The predicted octanol–water partition coefficient (Wildman–Crippen LogP) is 3.54. The maximum atomic E-state index is 5.97. The fourth-order valence-corrected chi connectivity index (χ4v) is 1.80. The van der Waals surface area contributed by atoms with E-state index in [9.17, 15) is 0 Å². The van der Waals surface area contributed by atoms with Crippen LogP contribution in [-0.4, -0.2) is 7.11 Å². The van der Waals surface area contributed by atoms with Crippen molar-refractivity contribution in [3.05, 3.63) is 53.1 Å². The summed E-state index contributed by atoms with van der Waals surface area (Å²) >= 11 is 5.84. The van der Waals surface area contributed by atoms with Crippen LogP contribution < -0.4 is 15.8 Å². The number of para-hydroxylation sites is 1. The number of nitrogens with two attached hydrogens (primary N) is 1. The number of hydrogen-bond donors (Lipinski definition) is 2. The van der Waals surface area contributed by atoms with Crippen molar-refractivity contribution in [2.24, 2.45) is 0 Å². The summed E-state index contributed by atoms with van der Waals surface area (Å²) in [5.74, 6) is 0.677. The molecule has 0 radical (unpaired) electrons. The van der Waals surface area contributed by atoms with Crippen molar-refractivity contribution in [3.8, 4) is 5.75 Å². The van der Waals surface area contributed by atoms with Gasteiger partial charge in [0.25, 0.3) is 0 Å². The normalized spacial score (nSPS) is 10.1. The number of nitrogen functional groups attached to an aromatic ring is 1. The Morgan fingerprint density at radius 3 is 2.56 bits per heavy atom. The highest BCUT2D eigenvalue weighted by atomic mass is 35.5. The Morgan fingerprint density at radius 2 is 1.89 bits per heavy atom. The van der Waals surface area contributed by atoms with Crippen molar-refractivity contribution in [2.45, 2.75) is 6.54 Å². The molecule has 4 heteroatoms. The molecular weight excluding hydrogens is 248 g/mol. The molecule has 0 atom stereocenters. The second kappa shape index (κ2) is 5.65. The lowest BCUT2D eigenvalue weighted by Gasteiger charge is -2.12. The van der Waals surface area contributed by atoms with Gasteiger partial charge in [-0.05, 0) is 29.8 Å². The van der Waals surface area contributed by atoms with E-state index in [1.807, 2.05) is 42.5 Å². The van der Waals surface area contributed by atoms with E-state index in [0.717, 1.165) is 16.3 Å². The summed E-state index contributed by atoms with van der Waals surface area (Å²) in [4.78, 5) is 0. The minimum atomic E-state index is 0.619. The highest BCUT2D eigenvalue weighted by Crippen LogP contribution is 2.29. The molecule has 0 unspecified atom stereocenters. The van der Waals surface area contributed by atoms with Crippen molar-refractivity contribution in [2.75, 3.05) is 18.2 Å². The number of rotatable bonds is 4. The summed E-state index contributed by atoms with van der Waals surface area (Å²) in [6.07, 6.45) is 0. The standard InChI is InChI=1S/C14H15ClN2O/c1-18-13-4-2-3-12(14(13)16)17-9-10-5-7-11(15)8-6-10/h2-8,17H,9,16H2,1H3. The van der Waals surface area contributed by atoms with Gasteiger partial charge >= 0.3 is 0 Å². The Morgan fingerprint density at radius 1 is 1.17 bits per heavy atom. The second-order valence-electron chi connectivity index (χ2n) is 3.90. The fraction of sp³-hybridized carbons (Fsp3) is 0.143. The minimum absolute atomic E-state index is 0.619. The summed E-state index contributed by atoms with van der Waals surface area (Å²) in [5, 5.41) is 4.01. The topological polar surface area (TPSA) is 47.3 Å². The summed E-state index contributed by atoms with van der Waals surface area (Å²) in [5.41, 5.74) is 8.60. The van der Waals surface area contributed by atoms with Crippen LogP contribution in [0.1, 0.15) is 5.56 Å². The van der Waals surface area contributed by atoms with Crippen LogP contribution in [0.15, 0.2) is 42.5 Å². The number of benzene rings is 2. The van der Waals surface area contributed by atoms with E-state index in [2.05, 4.69) is 5.32 Å². The Bertz CT molecular complexity index is 526. The van der Waals surface area contributed by atoms with Gasteiger partial charge in [-0.3, -0.25) is 0 Å².